The van der Waals surface area contributed by atoms with E-state index < -0.39 is 0 Å². The van der Waals surface area contributed by atoms with E-state index in [0.29, 0.717) is 0 Å². The summed E-state index contributed by atoms with van der Waals surface area (Å²) in [5.74, 6) is 0. The van der Waals surface area contributed by atoms with Gasteiger partial charge in [0.05, 0.1) is 6.10 Å². The summed E-state index contributed by atoms with van der Waals surface area (Å²) in [5, 5.41) is 10.2. The van der Waals surface area contributed by atoms with Crippen molar-refractivity contribution >= 4 is 27.5 Å². The van der Waals surface area contributed by atoms with Gasteiger partial charge in [-0.1, -0.05) is 27.5 Å². The Morgan fingerprint density at radius 2 is 2.06 bits per heavy atom. The van der Waals surface area contributed by atoms with E-state index >= 15 is 0 Å². The van der Waals surface area contributed by atoms with E-state index in [2.05, 4.69) is 20.8 Å². The standard InChI is InChI=1S/C12H15BrClNO/c13-12-2-1-10(14)7-9(12)8-15-5-3-11(16)4-6-15/h1-2,7,11,16H,3-6,8H2. The molecule has 0 bridgehead atoms. The summed E-state index contributed by atoms with van der Waals surface area (Å²) in [5.41, 5.74) is 1.21. The van der Waals surface area contributed by atoms with E-state index in [0.717, 1.165) is 42.0 Å². The van der Waals surface area contributed by atoms with Gasteiger partial charge >= 0.3 is 0 Å². The first kappa shape index (κ1) is 12.4. The van der Waals surface area contributed by atoms with Crippen molar-refractivity contribution in [3.63, 3.8) is 0 Å². The number of aliphatic hydroxyl groups is 1. The SMILES string of the molecule is OC1CCN(Cc2cc(Cl)ccc2Br)CC1. The fourth-order valence-electron chi connectivity index (χ4n) is 1.98. The van der Waals surface area contributed by atoms with E-state index in [4.69, 9.17) is 11.6 Å². The Hall–Kier alpha value is -0.0900. The highest BCUT2D eigenvalue weighted by Gasteiger charge is 2.17. The Kier molecular flexibility index (Phi) is 4.25. The molecule has 2 nitrogen and oxygen atoms in total. The summed E-state index contributed by atoms with van der Waals surface area (Å²) >= 11 is 9.51. The first-order chi connectivity index (χ1) is 7.65. The zero-order valence-electron chi connectivity index (χ0n) is 9.00. The molecule has 1 aliphatic heterocycles. The second-order valence-corrected chi connectivity index (χ2v) is 5.53. The molecule has 0 saturated carbocycles. The Morgan fingerprint density at radius 1 is 1.38 bits per heavy atom. The lowest BCUT2D eigenvalue weighted by atomic mass is 10.1. The monoisotopic (exact) mass is 303 g/mol. The summed E-state index contributed by atoms with van der Waals surface area (Å²) < 4.78 is 1.10. The van der Waals surface area contributed by atoms with Gasteiger partial charge in [-0.3, -0.25) is 4.90 Å². The Morgan fingerprint density at radius 3 is 2.75 bits per heavy atom. The van der Waals surface area contributed by atoms with Crippen molar-refractivity contribution < 1.29 is 5.11 Å². The van der Waals surface area contributed by atoms with E-state index in [1.165, 1.54) is 5.56 Å². The molecule has 1 fully saturated rings. The number of hydrogen-bond acceptors (Lipinski definition) is 2. The number of hydrogen-bond donors (Lipinski definition) is 1. The lowest BCUT2D eigenvalue weighted by Crippen LogP contribution is -2.35. The molecule has 88 valence electrons. The number of nitrogens with zero attached hydrogens (tertiary/aromatic N) is 1. The first-order valence-corrected chi connectivity index (χ1v) is 6.66. The quantitative estimate of drug-likeness (QED) is 0.908. The van der Waals surface area contributed by atoms with Crippen molar-refractivity contribution in [3.05, 3.63) is 33.3 Å². The van der Waals surface area contributed by atoms with Crippen molar-refractivity contribution in [2.75, 3.05) is 13.1 Å². The van der Waals surface area contributed by atoms with Crippen LogP contribution in [0.1, 0.15) is 18.4 Å². The summed E-state index contributed by atoms with van der Waals surface area (Å²) in [4.78, 5) is 2.35. The lowest BCUT2D eigenvalue weighted by molar-refractivity contribution is 0.0791. The average molecular weight is 305 g/mol. The van der Waals surface area contributed by atoms with Crippen LogP contribution in [0, 0.1) is 0 Å². The van der Waals surface area contributed by atoms with Gasteiger partial charge in [0.2, 0.25) is 0 Å². The van der Waals surface area contributed by atoms with Crippen LogP contribution in [-0.2, 0) is 6.54 Å². The molecule has 16 heavy (non-hydrogen) atoms. The van der Waals surface area contributed by atoms with Crippen molar-refractivity contribution in [1.29, 1.82) is 0 Å². The molecule has 0 amide bonds. The molecule has 0 aromatic heterocycles. The number of halogens is 2. The second kappa shape index (κ2) is 5.50. The van der Waals surface area contributed by atoms with Crippen LogP contribution in [0.2, 0.25) is 5.02 Å². The maximum atomic E-state index is 9.43. The van der Waals surface area contributed by atoms with Crippen molar-refractivity contribution in [2.24, 2.45) is 0 Å². The Bertz CT molecular complexity index is 364. The fourth-order valence-corrected chi connectivity index (χ4v) is 2.55. The molecule has 1 aromatic rings. The first-order valence-electron chi connectivity index (χ1n) is 5.49. The van der Waals surface area contributed by atoms with E-state index in [1.54, 1.807) is 0 Å². The molecular formula is C12H15BrClNO. The van der Waals surface area contributed by atoms with Crippen LogP contribution >= 0.6 is 27.5 Å². The highest BCUT2D eigenvalue weighted by molar-refractivity contribution is 9.10. The van der Waals surface area contributed by atoms with Gasteiger partial charge in [-0.2, -0.15) is 0 Å². The molecule has 1 saturated heterocycles. The molecule has 1 heterocycles. The van der Waals surface area contributed by atoms with Gasteiger partial charge in [-0.15, -0.1) is 0 Å². The van der Waals surface area contributed by atoms with E-state index in [1.807, 2.05) is 18.2 Å². The molecule has 0 spiro atoms. The van der Waals surface area contributed by atoms with E-state index in [-0.39, 0.29) is 6.10 Å². The third-order valence-corrected chi connectivity index (χ3v) is 3.97. The zero-order valence-corrected chi connectivity index (χ0v) is 11.3. The zero-order chi connectivity index (χ0) is 11.5. The number of benzene rings is 1. The minimum Gasteiger partial charge on any atom is -0.393 e. The molecule has 0 unspecified atom stereocenters. The van der Waals surface area contributed by atoms with Crippen LogP contribution in [0.15, 0.2) is 22.7 Å². The maximum Gasteiger partial charge on any atom is 0.0564 e. The van der Waals surface area contributed by atoms with Gasteiger partial charge in [-0.05, 0) is 36.6 Å². The molecule has 4 heteroatoms. The number of rotatable bonds is 2. The molecule has 2 rings (SSSR count). The number of likely N-dealkylation sites (tertiary alicyclic amines) is 1. The minimum absolute atomic E-state index is 0.112. The minimum atomic E-state index is -0.112. The van der Waals surface area contributed by atoms with E-state index in [9.17, 15) is 5.11 Å². The smallest absolute Gasteiger partial charge is 0.0564 e. The van der Waals surface area contributed by atoms with Crippen molar-refractivity contribution in [3.8, 4) is 0 Å². The van der Waals surface area contributed by atoms with Crippen LogP contribution in [0.5, 0.6) is 0 Å². The van der Waals surface area contributed by atoms with Gasteiger partial charge in [0, 0.05) is 29.1 Å². The summed E-state index contributed by atoms with van der Waals surface area (Å²) in [7, 11) is 0. The van der Waals surface area contributed by atoms with Crippen molar-refractivity contribution in [2.45, 2.75) is 25.5 Å². The van der Waals surface area contributed by atoms with Crippen LogP contribution in [-0.4, -0.2) is 29.2 Å². The third-order valence-electron chi connectivity index (χ3n) is 2.96. The van der Waals surface area contributed by atoms with Gasteiger partial charge in [0.15, 0.2) is 0 Å². The van der Waals surface area contributed by atoms with Crippen LogP contribution in [0.4, 0.5) is 0 Å². The maximum absolute atomic E-state index is 9.43. The lowest BCUT2D eigenvalue weighted by Gasteiger charge is -2.29. The largest absolute Gasteiger partial charge is 0.393 e. The van der Waals surface area contributed by atoms with Gasteiger partial charge in [0.25, 0.3) is 0 Å². The van der Waals surface area contributed by atoms with Gasteiger partial charge in [0.1, 0.15) is 0 Å². The highest BCUT2D eigenvalue weighted by Crippen LogP contribution is 2.23. The molecular weight excluding hydrogens is 289 g/mol. The molecule has 0 radical (unpaired) electrons. The number of aliphatic hydroxyl groups excluding tert-OH is 1. The fraction of sp³-hybridized carbons (Fsp3) is 0.500. The normalized spacial score (nSPS) is 18.9. The van der Waals surface area contributed by atoms with Crippen LogP contribution < -0.4 is 0 Å². The molecule has 1 aliphatic rings. The molecule has 0 atom stereocenters. The molecule has 1 N–H and O–H groups in total. The molecule has 1 aromatic carbocycles. The predicted molar refractivity (Wildman–Crippen MR) is 69.7 cm³/mol. The topological polar surface area (TPSA) is 23.5 Å². The Balaban J connectivity index is 2.00. The second-order valence-electron chi connectivity index (χ2n) is 4.24. The van der Waals surface area contributed by atoms with Crippen molar-refractivity contribution in [1.82, 2.24) is 4.90 Å². The van der Waals surface area contributed by atoms with Crippen LogP contribution in [0.25, 0.3) is 0 Å². The average Bonchev–Trinajstić information content (AvgIpc) is 2.27. The summed E-state index contributed by atoms with van der Waals surface area (Å²) in [6, 6.07) is 5.86. The number of piperidine rings is 1. The highest BCUT2D eigenvalue weighted by atomic mass is 79.9. The van der Waals surface area contributed by atoms with Gasteiger partial charge < -0.3 is 5.11 Å². The molecule has 0 aliphatic carbocycles. The third kappa shape index (κ3) is 3.20. The summed E-state index contributed by atoms with van der Waals surface area (Å²) in [6.07, 6.45) is 1.63. The Labute approximate surface area is 109 Å². The predicted octanol–water partition coefficient (Wildman–Crippen LogP) is 3.06. The van der Waals surface area contributed by atoms with Gasteiger partial charge in [-0.25, -0.2) is 0 Å². The van der Waals surface area contributed by atoms with Crippen LogP contribution in [0.3, 0.4) is 0 Å². The summed E-state index contributed by atoms with van der Waals surface area (Å²) in [6.45, 7) is 2.81.